The molecule has 0 aliphatic carbocycles. The molecule has 4 heterocycles. The molecule has 118 valence electrons. The van der Waals surface area contributed by atoms with Gasteiger partial charge in [-0.1, -0.05) is 6.07 Å². The minimum Gasteiger partial charge on any atom is -0.333 e. The first-order valence-corrected chi connectivity index (χ1v) is 9.29. The Labute approximate surface area is 142 Å². The van der Waals surface area contributed by atoms with E-state index in [1.807, 2.05) is 39.4 Å². The Hall–Kier alpha value is -1.99. The van der Waals surface area contributed by atoms with E-state index in [2.05, 4.69) is 10.1 Å². The number of carbonyl (C=O) groups is 1. The monoisotopic (exact) mass is 344 g/mol. The van der Waals surface area contributed by atoms with Gasteiger partial charge >= 0.3 is 0 Å². The van der Waals surface area contributed by atoms with Gasteiger partial charge in [-0.05, 0) is 30.4 Å². The van der Waals surface area contributed by atoms with Gasteiger partial charge in [-0.15, -0.1) is 22.7 Å². The molecule has 1 atom stereocenters. The lowest BCUT2D eigenvalue weighted by Gasteiger charge is -2.24. The highest BCUT2D eigenvalue weighted by molar-refractivity contribution is 7.21. The third-order valence-corrected chi connectivity index (χ3v) is 6.07. The molecule has 1 aliphatic heterocycles. The van der Waals surface area contributed by atoms with Crippen LogP contribution in [0.4, 0.5) is 0 Å². The number of likely N-dealkylation sites (tertiary alicyclic amines) is 1. The summed E-state index contributed by atoms with van der Waals surface area (Å²) >= 11 is 3.13. The summed E-state index contributed by atoms with van der Waals surface area (Å²) in [5.41, 5.74) is 0. The van der Waals surface area contributed by atoms with Crippen LogP contribution >= 0.6 is 22.7 Å². The summed E-state index contributed by atoms with van der Waals surface area (Å²) in [7, 11) is 0. The van der Waals surface area contributed by atoms with Crippen molar-refractivity contribution in [3.63, 3.8) is 0 Å². The van der Waals surface area contributed by atoms with E-state index in [-0.39, 0.29) is 11.9 Å². The van der Waals surface area contributed by atoms with Crippen LogP contribution in [0.25, 0.3) is 9.88 Å². The quantitative estimate of drug-likeness (QED) is 0.729. The van der Waals surface area contributed by atoms with Crippen molar-refractivity contribution in [2.75, 3.05) is 6.54 Å². The van der Waals surface area contributed by atoms with Crippen molar-refractivity contribution in [2.24, 2.45) is 0 Å². The van der Waals surface area contributed by atoms with Crippen LogP contribution in [0, 0.1) is 0 Å². The molecule has 0 radical (unpaired) electrons. The molecule has 4 rings (SSSR count). The van der Waals surface area contributed by atoms with Crippen LogP contribution in [0.1, 0.15) is 22.5 Å². The first-order valence-electron chi connectivity index (χ1n) is 7.59. The van der Waals surface area contributed by atoms with Crippen molar-refractivity contribution in [2.45, 2.75) is 25.4 Å². The molecule has 1 fully saturated rings. The van der Waals surface area contributed by atoms with Gasteiger partial charge < -0.3 is 4.90 Å². The van der Waals surface area contributed by atoms with E-state index in [0.29, 0.717) is 0 Å². The molecule has 0 bridgehead atoms. The van der Waals surface area contributed by atoms with E-state index in [4.69, 9.17) is 0 Å². The number of thiazole rings is 1. The molecule has 0 spiro atoms. The molecule has 0 aromatic carbocycles. The number of amides is 1. The van der Waals surface area contributed by atoms with E-state index < -0.39 is 0 Å². The Morgan fingerprint density at radius 3 is 3.13 bits per heavy atom. The predicted molar refractivity (Wildman–Crippen MR) is 91.7 cm³/mol. The third-order valence-electron chi connectivity index (χ3n) is 4.04. The summed E-state index contributed by atoms with van der Waals surface area (Å²) < 4.78 is 1.90. The van der Waals surface area contributed by atoms with Crippen molar-refractivity contribution in [1.82, 2.24) is 19.7 Å². The fourth-order valence-corrected chi connectivity index (χ4v) is 4.62. The fourth-order valence-electron chi connectivity index (χ4n) is 2.95. The Balaban J connectivity index is 1.51. The first-order chi connectivity index (χ1) is 11.3. The Bertz CT molecular complexity index is 779. The summed E-state index contributed by atoms with van der Waals surface area (Å²) in [5, 5.41) is 7.20. The standard InChI is InChI=1S/C16H16N4OS2/c21-16(14-10-17-15(23-14)13-5-2-9-22-13)20-8-1-4-12(20)11-19-7-3-6-18-19/h2-3,5-7,9-10,12H,1,4,8,11H2. The summed E-state index contributed by atoms with van der Waals surface area (Å²) in [6.07, 6.45) is 7.52. The van der Waals surface area contributed by atoms with E-state index in [0.717, 1.165) is 40.7 Å². The number of thiophene rings is 1. The molecule has 1 saturated heterocycles. The minimum atomic E-state index is 0.0972. The fraction of sp³-hybridized carbons (Fsp3) is 0.312. The highest BCUT2D eigenvalue weighted by Crippen LogP contribution is 2.30. The lowest BCUT2D eigenvalue weighted by molar-refractivity contribution is 0.0726. The normalized spacial score (nSPS) is 17.7. The maximum Gasteiger partial charge on any atom is 0.265 e. The molecule has 23 heavy (non-hydrogen) atoms. The Morgan fingerprint density at radius 1 is 1.39 bits per heavy atom. The van der Waals surface area contributed by atoms with E-state index in [1.54, 1.807) is 23.7 Å². The van der Waals surface area contributed by atoms with Crippen molar-refractivity contribution < 1.29 is 4.79 Å². The van der Waals surface area contributed by atoms with Gasteiger partial charge in [-0.25, -0.2) is 4.98 Å². The molecule has 3 aromatic heterocycles. The zero-order chi connectivity index (χ0) is 15.6. The largest absolute Gasteiger partial charge is 0.333 e. The second-order valence-electron chi connectivity index (χ2n) is 5.53. The van der Waals surface area contributed by atoms with Crippen molar-refractivity contribution in [3.05, 3.63) is 47.0 Å². The SMILES string of the molecule is O=C(c1cnc(-c2cccs2)s1)N1CCCC1Cn1cccn1. The molecule has 0 saturated carbocycles. The second kappa shape index (κ2) is 6.25. The van der Waals surface area contributed by atoms with Crippen LogP contribution in [0.3, 0.4) is 0 Å². The summed E-state index contributed by atoms with van der Waals surface area (Å²) in [4.78, 5) is 21.1. The van der Waals surface area contributed by atoms with Crippen LogP contribution in [-0.2, 0) is 6.54 Å². The van der Waals surface area contributed by atoms with Crippen molar-refractivity contribution in [1.29, 1.82) is 0 Å². The number of rotatable bonds is 4. The molecule has 3 aromatic rings. The maximum atomic E-state index is 12.8. The lowest BCUT2D eigenvalue weighted by atomic mass is 10.2. The van der Waals surface area contributed by atoms with E-state index in [9.17, 15) is 4.79 Å². The van der Waals surface area contributed by atoms with Crippen molar-refractivity contribution in [3.8, 4) is 9.88 Å². The molecule has 0 N–H and O–H groups in total. The molecular weight excluding hydrogens is 328 g/mol. The predicted octanol–water partition coefficient (Wildman–Crippen LogP) is 3.37. The number of aromatic nitrogens is 3. The minimum absolute atomic E-state index is 0.0972. The van der Waals surface area contributed by atoms with Gasteiger partial charge in [0, 0.05) is 18.9 Å². The molecule has 1 aliphatic rings. The average Bonchev–Trinajstić information content (AvgIpc) is 3.33. The van der Waals surface area contributed by atoms with Crippen LogP contribution in [0.2, 0.25) is 0 Å². The van der Waals surface area contributed by atoms with Gasteiger partial charge in [0.2, 0.25) is 0 Å². The molecular formula is C16H16N4OS2. The maximum absolute atomic E-state index is 12.8. The zero-order valence-electron chi connectivity index (χ0n) is 12.5. The summed E-state index contributed by atoms with van der Waals surface area (Å²) in [6, 6.07) is 6.17. The highest BCUT2D eigenvalue weighted by Gasteiger charge is 2.30. The second-order valence-corrected chi connectivity index (χ2v) is 7.51. The summed E-state index contributed by atoms with van der Waals surface area (Å²) in [6.45, 7) is 1.58. The van der Waals surface area contributed by atoms with E-state index in [1.165, 1.54) is 11.3 Å². The van der Waals surface area contributed by atoms with Crippen molar-refractivity contribution >= 4 is 28.6 Å². The number of carbonyl (C=O) groups excluding carboxylic acids is 1. The Kier molecular flexibility index (Phi) is 3.97. The molecule has 7 heteroatoms. The van der Waals surface area contributed by atoms with Gasteiger partial charge in [0.15, 0.2) is 0 Å². The number of hydrogen-bond acceptors (Lipinski definition) is 5. The smallest absolute Gasteiger partial charge is 0.265 e. The molecule has 1 amide bonds. The average molecular weight is 344 g/mol. The third kappa shape index (κ3) is 2.94. The summed E-state index contributed by atoms with van der Waals surface area (Å²) in [5.74, 6) is 0.0972. The van der Waals surface area contributed by atoms with Gasteiger partial charge in [0.05, 0.1) is 23.7 Å². The van der Waals surface area contributed by atoms with Gasteiger partial charge in [0.25, 0.3) is 5.91 Å². The van der Waals surface area contributed by atoms with Crippen LogP contribution in [0.15, 0.2) is 42.2 Å². The topological polar surface area (TPSA) is 51.0 Å². The van der Waals surface area contributed by atoms with Gasteiger partial charge in [0.1, 0.15) is 9.88 Å². The highest BCUT2D eigenvalue weighted by atomic mass is 32.1. The van der Waals surface area contributed by atoms with Gasteiger partial charge in [-0.2, -0.15) is 5.10 Å². The van der Waals surface area contributed by atoms with Crippen LogP contribution in [0.5, 0.6) is 0 Å². The first kappa shape index (κ1) is 14.6. The zero-order valence-corrected chi connectivity index (χ0v) is 14.1. The van der Waals surface area contributed by atoms with Crippen LogP contribution < -0.4 is 0 Å². The molecule has 5 nitrogen and oxygen atoms in total. The van der Waals surface area contributed by atoms with Gasteiger partial charge in [-0.3, -0.25) is 9.48 Å². The van der Waals surface area contributed by atoms with Crippen LogP contribution in [-0.4, -0.2) is 38.2 Å². The molecule has 1 unspecified atom stereocenters. The van der Waals surface area contributed by atoms with E-state index >= 15 is 0 Å². The number of hydrogen-bond donors (Lipinski definition) is 0. The lowest BCUT2D eigenvalue weighted by Crippen LogP contribution is -2.37. The number of nitrogens with zero attached hydrogens (tertiary/aromatic N) is 4. The Morgan fingerprint density at radius 2 is 2.35 bits per heavy atom.